The molecule has 0 atom stereocenters. The van der Waals surface area contributed by atoms with Gasteiger partial charge < -0.3 is 9.80 Å². The summed E-state index contributed by atoms with van der Waals surface area (Å²) in [6.07, 6.45) is 3.01. The lowest BCUT2D eigenvalue weighted by Crippen LogP contribution is -2.73. The smallest absolute Gasteiger partial charge is 0.245 e. The molecule has 6 nitrogen and oxygen atoms in total. The second-order valence-corrected chi connectivity index (χ2v) is 8.25. The van der Waals surface area contributed by atoms with E-state index >= 15 is 4.39 Å². The van der Waals surface area contributed by atoms with Crippen LogP contribution < -0.4 is 4.90 Å². The Morgan fingerprint density at radius 1 is 1.27 bits per heavy atom. The molecule has 150 valence electrons. The van der Waals surface area contributed by atoms with Crippen LogP contribution in [0.15, 0.2) is 43.1 Å². The van der Waals surface area contributed by atoms with E-state index in [0.717, 1.165) is 35.2 Å². The highest BCUT2D eigenvalue weighted by molar-refractivity contribution is 6.02. The summed E-state index contributed by atoms with van der Waals surface area (Å²) in [6, 6.07) is 6.95. The van der Waals surface area contributed by atoms with Crippen molar-refractivity contribution in [1.29, 1.82) is 0 Å². The first kappa shape index (κ1) is 18.4. The van der Waals surface area contributed by atoms with Gasteiger partial charge in [0.05, 0.1) is 18.3 Å². The monoisotopic (exact) mass is 401 g/mol. The highest BCUT2D eigenvalue weighted by Crippen LogP contribution is 2.49. The van der Waals surface area contributed by atoms with E-state index in [2.05, 4.69) is 26.5 Å². The Bertz CT molecular complexity index is 1240. The molecule has 0 unspecified atom stereocenters. The molecule has 30 heavy (non-hydrogen) atoms. The second kappa shape index (κ2) is 6.42. The van der Waals surface area contributed by atoms with Crippen LogP contribution in [0.25, 0.3) is 26.9 Å². The molecule has 2 aliphatic heterocycles. The van der Waals surface area contributed by atoms with Crippen LogP contribution in [0.4, 0.5) is 15.8 Å². The molecule has 3 heterocycles. The van der Waals surface area contributed by atoms with Crippen molar-refractivity contribution >= 4 is 28.2 Å². The highest BCUT2D eigenvalue weighted by atomic mass is 19.1. The Morgan fingerprint density at radius 2 is 2.03 bits per heavy atom. The van der Waals surface area contributed by atoms with Crippen LogP contribution in [0.1, 0.15) is 5.56 Å². The van der Waals surface area contributed by atoms with Crippen molar-refractivity contribution < 1.29 is 9.18 Å². The molecule has 2 saturated heterocycles. The number of carbonyl (C=O) groups excluding carboxylic acids is 1. The Hall–Kier alpha value is -3.66. The van der Waals surface area contributed by atoms with Gasteiger partial charge in [0.25, 0.3) is 0 Å². The predicted molar refractivity (Wildman–Crippen MR) is 114 cm³/mol. The van der Waals surface area contributed by atoms with Crippen molar-refractivity contribution in [2.75, 3.05) is 31.1 Å². The van der Waals surface area contributed by atoms with Gasteiger partial charge in [-0.2, -0.15) is 5.10 Å². The molecule has 2 aliphatic rings. The predicted octanol–water partition coefficient (Wildman–Crippen LogP) is 4.06. The molecular weight excluding hydrogens is 381 g/mol. The van der Waals surface area contributed by atoms with Gasteiger partial charge in [0.15, 0.2) is 0 Å². The molecule has 0 radical (unpaired) electrons. The van der Waals surface area contributed by atoms with Crippen LogP contribution in [-0.2, 0) is 4.79 Å². The molecule has 0 saturated carbocycles. The zero-order valence-electron chi connectivity index (χ0n) is 16.6. The molecule has 1 amide bonds. The number of hydrogen-bond acceptors (Lipinski definition) is 3. The lowest BCUT2D eigenvalue weighted by atomic mass is 9.72. The second-order valence-electron chi connectivity index (χ2n) is 8.25. The number of likely N-dealkylation sites (tertiary alicyclic amines) is 1. The molecule has 5 rings (SSSR count). The van der Waals surface area contributed by atoms with E-state index in [1.165, 1.54) is 12.1 Å². The number of nitrogens with zero attached hydrogens (tertiary/aromatic N) is 4. The molecular formula is C23H20FN5O. The van der Waals surface area contributed by atoms with Gasteiger partial charge in [0.1, 0.15) is 5.82 Å². The maximum Gasteiger partial charge on any atom is 0.245 e. The first-order valence-electron chi connectivity index (χ1n) is 9.76. The molecule has 2 aromatic carbocycles. The number of aromatic amines is 1. The van der Waals surface area contributed by atoms with Crippen LogP contribution in [0, 0.1) is 24.7 Å². The number of fused-ring (bicyclic) bond motifs is 1. The Labute approximate surface area is 173 Å². The summed E-state index contributed by atoms with van der Waals surface area (Å²) in [4.78, 5) is 19.4. The molecule has 0 aliphatic carbocycles. The number of carbonyl (C=O) groups is 1. The summed E-state index contributed by atoms with van der Waals surface area (Å²) >= 11 is 0. The molecule has 7 heteroatoms. The minimum atomic E-state index is -0.414. The van der Waals surface area contributed by atoms with Crippen LogP contribution in [0.2, 0.25) is 0 Å². The van der Waals surface area contributed by atoms with Gasteiger partial charge in [-0.1, -0.05) is 12.6 Å². The summed E-state index contributed by atoms with van der Waals surface area (Å²) in [6.45, 7) is 16.2. The van der Waals surface area contributed by atoms with E-state index in [1.807, 2.05) is 19.1 Å². The number of rotatable bonds is 3. The summed E-state index contributed by atoms with van der Waals surface area (Å²) in [5, 5.41) is 7.81. The third-order valence-corrected chi connectivity index (χ3v) is 6.23. The van der Waals surface area contributed by atoms with Gasteiger partial charge in [0.2, 0.25) is 11.6 Å². The molecule has 1 aromatic heterocycles. The number of H-pyrrole nitrogens is 1. The van der Waals surface area contributed by atoms with E-state index in [9.17, 15) is 4.79 Å². The first-order chi connectivity index (χ1) is 14.5. The molecule has 1 spiro atoms. The zero-order valence-corrected chi connectivity index (χ0v) is 16.6. The van der Waals surface area contributed by atoms with E-state index in [0.29, 0.717) is 29.9 Å². The van der Waals surface area contributed by atoms with Crippen molar-refractivity contribution in [3.05, 3.63) is 65.9 Å². The van der Waals surface area contributed by atoms with Gasteiger partial charge in [-0.15, -0.1) is 0 Å². The maximum absolute atomic E-state index is 15.1. The topological polar surface area (TPSA) is 56.6 Å². The maximum atomic E-state index is 15.1. The number of nitrogens with one attached hydrogen (secondary N) is 1. The summed E-state index contributed by atoms with van der Waals surface area (Å²) in [5.41, 5.74) is 3.84. The Morgan fingerprint density at radius 3 is 2.73 bits per heavy atom. The Balaban J connectivity index is 1.52. The van der Waals surface area contributed by atoms with E-state index in [-0.39, 0.29) is 11.3 Å². The number of aryl methyl sites for hydroxylation is 1. The third kappa shape index (κ3) is 2.53. The minimum Gasteiger partial charge on any atom is -0.379 e. The van der Waals surface area contributed by atoms with Gasteiger partial charge in [0, 0.05) is 48.2 Å². The average molecular weight is 401 g/mol. The van der Waals surface area contributed by atoms with Gasteiger partial charge in [-0.25, -0.2) is 9.24 Å². The fourth-order valence-electron chi connectivity index (χ4n) is 4.80. The van der Waals surface area contributed by atoms with E-state index in [1.54, 1.807) is 17.2 Å². The average Bonchev–Trinajstić information content (AvgIpc) is 3.15. The lowest BCUT2D eigenvalue weighted by Gasteiger charge is -2.61. The normalized spacial score (nSPS) is 16.8. The Kier molecular flexibility index (Phi) is 3.93. The molecule has 2 fully saturated rings. The number of hydrogen-bond donors (Lipinski definition) is 1. The summed E-state index contributed by atoms with van der Waals surface area (Å²) in [7, 11) is 0. The fourth-order valence-corrected chi connectivity index (χ4v) is 4.80. The fraction of sp³-hybridized carbons (Fsp3) is 0.261. The third-order valence-electron chi connectivity index (χ3n) is 6.23. The van der Waals surface area contributed by atoms with Gasteiger partial charge in [-0.05, 0) is 42.3 Å². The highest BCUT2D eigenvalue weighted by Gasteiger charge is 2.53. The van der Waals surface area contributed by atoms with Crippen molar-refractivity contribution in [3.63, 3.8) is 0 Å². The van der Waals surface area contributed by atoms with Crippen molar-refractivity contribution in [3.8, 4) is 11.1 Å². The zero-order chi connectivity index (χ0) is 21.0. The van der Waals surface area contributed by atoms with Crippen LogP contribution >= 0.6 is 0 Å². The first-order valence-corrected chi connectivity index (χ1v) is 9.76. The quantitative estimate of drug-likeness (QED) is 0.532. The number of halogens is 1. The van der Waals surface area contributed by atoms with Crippen LogP contribution in [0.5, 0.6) is 0 Å². The SMILES string of the molecule is [C-]#[N+]c1c(N2CC3(CN(C(=O)C=C)C3)C2)ccc(F)c1-c1c(C)ccc2[nH]ncc12. The minimum absolute atomic E-state index is 0.0475. The van der Waals surface area contributed by atoms with Crippen LogP contribution in [-0.4, -0.2) is 47.2 Å². The van der Waals surface area contributed by atoms with Crippen molar-refractivity contribution in [1.82, 2.24) is 15.1 Å². The number of anilines is 1. The largest absolute Gasteiger partial charge is 0.379 e. The lowest BCUT2D eigenvalue weighted by molar-refractivity contribution is -0.139. The molecule has 3 aromatic rings. The number of aromatic nitrogens is 2. The van der Waals surface area contributed by atoms with Crippen molar-refractivity contribution in [2.45, 2.75) is 6.92 Å². The number of amides is 1. The van der Waals surface area contributed by atoms with Gasteiger partial charge >= 0.3 is 0 Å². The van der Waals surface area contributed by atoms with E-state index < -0.39 is 5.82 Å². The number of benzene rings is 2. The molecule has 0 bridgehead atoms. The standard InChI is InChI=1S/C23H20FN5O/c1-4-19(30)29-12-23(13-29)10-28(11-23)18-8-6-16(24)21(22(18)25-3)20-14(2)5-7-17-15(20)9-26-27-17/h4-9H,1,10-13H2,2H3,(H,26,27). The van der Waals surface area contributed by atoms with E-state index in [4.69, 9.17) is 6.57 Å². The summed E-state index contributed by atoms with van der Waals surface area (Å²) < 4.78 is 15.1. The van der Waals surface area contributed by atoms with Crippen LogP contribution in [0.3, 0.4) is 0 Å². The summed E-state index contributed by atoms with van der Waals surface area (Å²) in [5.74, 6) is -0.461. The van der Waals surface area contributed by atoms with Crippen molar-refractivity contribution in [2.24, 2.45) is 5.41 Å². The van der Waals surface area contributed by atoms with Gasteiger partial charge in [-0.3, -0.25) is 9.89 Å². The molecule has 1 N–H and O–H groups in total.